The van der Waals surface area contributed by atoms with Crippen LogP contribution in [0.4, 0.5) is 0 Å². The molecule has 0 saturated carbocycles. The van der Waals surface area contributed by atoms with Gasteiger partial charge in [0, 0.05) is 17.5 Å². The van der Waals surface area contributed by atoms with E-state index in [0.717, 1.165) is 35.8 Å². The molecule has 2 N–H and O–H groups in total. The molecule has 0 amide bonds. The number of halogens is 1. The van der Waals surface area contributed by atoms with Crippen molar-refractivity contribution in [3.05, 3.63) is 21.3 Å². The van der Waals surface area contributed by atoms with Crippen LogP contribution in [0.15, 0.2) is 11.4 Å². The maximum atomic E-state index is 6.11. The summed E-state index contributed by atoms with van der Waals surface area (Å²) in [7, 11) is 0. The van der Waals surface area contributed by atoms with E-state index in [2.05, 4.69) is 0 Å². The third kappa shape index (κ3) is 3.20. The van der Waals surface area contributed by atoms with Crippen LogP contribution in [0, 0.1) is 0 Å². The Balaban J connectivity index is 1.71. The lowest BCUT2D eigenvalue weighted by Crippen LogP contribution is -2.11. The Morgan fingerprint density at radius 3 is 3.12 bits per heavy atom. The molecule has 0 radical (unpaired) electrons. The molecule has 1 fully saturated rings. The van der Waals surface area contributed by atoms with Gasteiger partial charge in [-0.05, 0) is 43.6 Å². The molecule has 1 aromatic heterocycles. The van der Waals surface area contributed by atoms with Gasteiger partial charge in [-0.1, -0.05) is 11.6 Å². The van der Waals surface area contributed by atoms with Gasteiger partial charge in [0.15, 0.2) is 0 Å². The van der Waals surface area contributed by atoms with Crippen molar-refractivity contribution in [3.63, 3.8) is 0 Å². The quantitative estimate of drug-likeness (QED) is 0.874. The predicted molar refractivity (Wildman–Crippen MR) is 69.1 cm³/mol. The average Bonchev–Trinajstić information content (AvgIpc) is 2.88. The van der Waals surface area contributed by atoms with Crippen molar-refractivity contribution in [1.29, 1.82) is 0 Å². The second-order valence-electron chi connectivity index (χ2n) is 4.31. The lowest BCUT2D eigenvalue weighted by molar-refractivity contribution is 0.101. The first kappa shape index (κ1) is 12.4. The second kappa shape index (κ2) is 6.01. The number of nitrogens with two attached hydrogens (primary N) is 1. The van der Waals surface area contributed by atoms with Crippen molar-refractivity contribution in [3.8, 4) is 0 Å². The Hall–Kier alpha value is -0.0900. The minimum Gasteiger partial charge on any atom is -0.378 e. The first-order valence-electron chi connectivity index (χ1n) is 5.87. The summed E-state index contributed by atoms with van der Waals surface area (Å²) in [6.45, 7) is 0.938. The molecule has 0 spiro atoms. The summed E-state index contributed by atoms with van der Waals surface area (Å²) >= 11 is 7.70. The lowest BCUT2D eigenvalue weighted by atomic mass is 10.0. The SMILES string of the molecule is NC(CCCC1CCCO1)c1sccc1Cl. The molecule has 1 aliphatic rings. The van der Waals surface area contributed by atoms with Gasteiger partial charge in [0.25, 0.3) is 0 Å². The molecule has 2 unspecified atom stereocenters. The number of ether oxygens (including phenoxy) is 1. The van der Waals surface area contributed by atoms with Crippen LogP contribution in [0.3, 0.4) is 0 Å². The molecule has 2 nitrogen and oxygen atoms in total. The number of hydrogen-bond donors (Lipinski definition) is 1. The van der Waals surface area contributed by atoms with Crippen LogP contribution in [0.2, 0.25) is 5.02 Å². The molecule has 0 aromatic carbocycles. The van der Waals surface area contributed by atoms with Crippen molar-refractivity contribution in [2.24, 2.45) is 5.73 Å². The van der Waals surface area contributed by atoms with Gasteiger partial charge in [0.2, 0.25) is 0 Å². The van der Waals surface area contributed by atoms with E-state index in [1.165, 1.54) is 12.8 Å². The summed E-state index contributed by atoms with van der Waals surface area (Å²) < 4.78 is 5.58. The minimum absolute atomic E-state index is 0.0916. The third-order valence-corrected chi connectivity index (χ3v) is 4.54. The van der Waals surface area contributed by atoms with E-state index in [4.69, 9.17) is 22.1 Å². The fourth-order valence-corrected chi connectivity index (χ4v) is 3.37. The summed E-state index contributed by atoms with van der Waals surface area (Å²) in [6.07, 6.45) is 6.17. The largest absolute Gasteiger partial charge is 0.378 e. The van der Waals surface area contributed by atoms with Crippen LogP contribution < -0.4 is 5.73 Å². The molecule has 90 valence electrons. The van der Waals surface area contributed by atoms with Crippen LogP contribution in [-0.2, 0) is 4.74 Å². The third-order valence-electron chi connectivity index (χ3n) is 3.05. The normalized spacial score (nSPS) is 22.5. The Morgan fingerprint density at radius 1 is 1.62 bits per heavy atom. The van der Waals surface area contributed by atoms with Crippen LogP contribution in [0.5, 0.6) is 0 Å². The predicted octanol–water partition coefficient (Wildman–Crippen LogP) is 3.75. The summed E-state index contributed by atoms with van der Waals surface area (Å²) in [5, 5.41) is 2.81. The Bertz CT molecular complexity index is 323. The van der Waals surface area contributed by atoms with Crippen molar-refractivity contribution in [2.45, 2.75) is 44.2 Å². The fourth-order valence-electron chi connectivity index (χ4n) is 2.14. The molecule has 2 atom stereocenters. The van der Waals surface area contributed by atoms with E-state index in [-0.39, 0.29) is 6.04 Å². The lowest BCUT2D eigenvalue weighted by Gasteiger charge is -2.12. The van der Waals surface area contributed by atoms with Gasteiger partial charge in [-0.15, -0.1) is 11.3 Å². The monoisotopic (exact) mass is 259 g/mol. The number of hydrogen-bond acceptors (Lipinski definition) is 3. The van der Waals surface area contributed by atoms with E-state index >= 15 is 0 Å². The van der Waals surface area contributed by atoms with Crippen LogP contribution in [0.25, 0.3) is 0 Å². The van der Waals surface area contributed by atoms with Gasteiger partial charge < -0.3 is 10.5 Å². The summed E-state index contributed by atoms with van der Waals surface area (Å²) in [4.78, 5) is 1.12. The molecule has 1 aromatic rings. The molecule has 0 aliphatic carbocycles. The first-order valence-corrected chi connectivity index (χ1v) is 7.13. The van der Waals surface area contributed by atoms with E-state index in [0.29, 0.717) is 6.10 Å². The Kier molecular flexibility index (Phi) is 4.65. The average molecular weight is 260 g/mol. The second-order valence-corrected chi connectivity index (χ2v) is 5.66. The first-order chi connectivity index (χ1) is 7.77. The van der Waals surface area contributed by atoms with Gasteiger partial charge in [-0.2, -0.15) is 0 Å². The van der Waals surface area contributed by atoms with Gasteiger partial charge in [-0.25, -0.2) is 0 Å². The zero-order valence-electron chi connectivity index (χ0n) is 9.32. The molecule has 4 heteroatoms. The van der Waals surface area contributed by atoms with E-state index < -0.39 is 0 Å². The van der Waals surface area contributed by atoms with Crippen LogP contribution in [0.1, 0.15) is 43.0 Å². The van der Waals surface area contributed by atoms with Crippen LogP contribution >= 0.6 is 22.9 Å². The van der Waals surface area contributed by atoms with Crippen LogP contribution in [-0.4, -0.2) is 12.7 Å². The Morgan fingerprint density at radius 2 is 2.50 bits per heavy atom. The zero-order valence-corrected chi connectivity index (χ0v) is 10.9. The highest BCUT2D eigenvalue weighted by molar-refractivity contribution is 7.10. The molecule has 1 aliphatic heterocycles. The molecule has 16 heavy (non-hydrogen) atoms. The fraction of sp³-hybridized carbons (Fsp3) is 0.667. The highest BCUT2D eigenvalue weighted by Crippen LogP contribution is 2.30. The standard InChI is InChI=1S/C12H18ClNOS/c13-10-6-8-16-12(10)11(14)5-1-3-9-4-2-7-15-9/h6,8-9,11H,1-5,7,14H2. The van der Waals surface area contributed by atoms with Gasteiger partial charge in [-0.3, -0.25) is 0 Å². The zero-order chi connectivity index (χ0) is 11.4. The number of rotatable bonds is 5. The summed E-state index contributed by atoms with van der Waals surface area (Å²) in [6, 6.07) is 2.01. The van der Waals surface area contributed by atoms with Gasteiger partial charge in [0.1, 0.15) is 0 Å². The summed E-state index contributed by atoms with van der Waals surface area (Å²) in [5.41, 5.74) is 6.11. The summed E-state index contributed by atoms with van der Waals surface area (Å²) in [5.74, 6) is 0. The van der Waals surface area contributed by atoms with E-state index in [1.807, 2.05) is 11.4 Å². The molecule has 2 heterocycles. The molecular weight excluding hydrogens is 242 g/mol. The minimum atomic E-state index is 0.0916. The van der Waals surface area contributed by atoms with E-state index in [9.17, 15) is 0 Å². The van der Waals surface area contributed by atoms with Crippen molar-refractivity contribution >= 4 is 22.9 Å². The van der Waals surface area contributed by atoms with Crippen molar-refractivity contribution < 1.29 is 4.74 Å². The smallest absolute Gasteiger partial charge is 0.0576 e. The molecule has 2 rings (SSSR count). The maximum absolute atomic E-state index is 6.11. The molecule has 1 saturated heterocycles. The van der Waals surface area contributed by atoms with Gasteiger partial charge >= 0.3 is 0 Å². The van der Waals surface area contributed by atoms with E-state index in [1.54, 1.807) is 11.3 Å². The van der Waals surface area contributed by atoms with Crippen molar-refractivity contribution in [1.82, 2.24) is 0 Å². The van der Waals surface area contributed by atoms with Gasteiger partial charge in [0.05, 0.1) is 11.1 Å². The molecular formula is C12H18ClNOS. The Labute approximate surface area is 106 Å². The van der Waals surface area contributed by atoms with Crippen molar-refractivity contribution in [2.75, 3.05) is 6.61 Å². The molecule has 0 bridgehead atoms. The number of thiophene rings is 1. The maximum Gasteiger partial charge on any atom is 0.0576 e. The highest BCUT2D eigenvalue weighted by atomic mass is 35.5. The topological polar surface area (TPSA) is 35.2 Å². The highest BCUT2D eigenvalue weighted by Gasteiger charge is 2.16.